The molecule has 1 rings (SSSR count). The van der Waals surface area contributed by atoms with Gasteiger partial charge in [0.15, 0.2) is 11.8 Å². The van der Waals surface area contributed by atoms with E-state index >= 15 is 0 Å². The third-order valence-corrected chi connectivity index (χ3v) is 6.82. The molecule has 0 aliphatic carbocycles. The molecule has 13 heteroatoms. The molecule has 0 aliphatic heterocycles. The number of amides is 2. The maximum absolute atomic E-state index is 12.7. The zero-order valence-corrected chi connectivity index (χ0v) is 22.5. The van der Waals surface area contributed by atoms with Crippen LogP contribution in [0.4, 0.5) is 5.69 Å². The van der Waals surface area contributed by atoms with Crippen molar-refractivity contribution < 1.29 is 34.1 Å². The first-order valence-corrected chi connectivity index (χ1v) is 11.4. The molecule has 2 amide bonds. The van der Waals surface area contributed by atoms with Crippen LogP contribution < -0.4 is 10.6 Å². The molecule has 0 heterocycles. The van der Waals surface area contributed by atoms with Crippen molar-refractivity contribution in [2.75, 3.05) is 11.9 Å². The molecule has 2 unspecified atom stereocenters. The number of rotatable bonds is 7. The second kappa shape index (κ2) is 10.8. The molecule has 0 saturated carbocycles. The van der Waals surface area contributed by atoms with Gasteiger partial charge in [-0.05, 0) is 93.2 Å². The molecule has 0 fully saturated rings. The highest BCUT2D eigenvalue weighted by molar-refractivity contribution is 14.1. The molecule has 0 aliphatic rings. The van der Waals surface area contributed by atoms with E-state index in [0.29, 0.717) is 0 Å². The van der Waals surface area contributed by atoms with Crippen molar-refractivity contribution in [1.29, 1.82) is 0 Å². The van der Waals surface area contributed by atoms with Crippen LogP contribution >= 0.6 is 79.4 Å². The van der Waals surface area contributed by atoms with Gasteiger partial charge in [-0.25, -0.2) is 0 Å². The molecule has 29 heavy (non-hydrogen) atoms. The fourth-order valence-electron chi connectivity index (χ4n) is 2.02. The van der Waals surface area contributed by atoms with E-state index in [9.17, 15) is 29.4 Å². The minimum Gasteiger partial charge on any atom is -0.453 e. The van der Waals surface area contributed by atoms with Gasteiger partial charge < -0.3 is 25.6 Å². The predicted molar refractivity (Wildman–Crippen MR) is 130 cm³/mol. The summed E-state index contributed by atoms with van der Waals surface area (Å²) in [5.74, 6) is -2.13. The minimum absolute atomic E-state index is 0.0162. The number of hydrogen-bond acceptors (Lipinski definition) is 7. The summed E-state index contributed by atoms with van der Waals surface area (Å²) in [6, 6.07) is 0. The molecule has 2 atom stereocenters. The molecule has 9 nitrogen and oxygen atoms in total. The smallest absolute Gasteiger partial charge is 0.303 e. The monoisotopic (exact) mass is 764 g/mol. The molecule has 4 N–H and O–H groups in total. The van der Waals surface area contributed by atoms with Crippen LogP contribution in [-0.2, 0) is 14.3 Å². The van der Waals surface area contributed by atoms with Gasteiger partial charge in [0, 0.05) is 10.5 Å². The van der Waals surface area contributed by atoms with Crippen LogP contribution in [0.15, 0.2) is 0 Å². The van der Waals surface area contributed by atoms with E-state index in [2.05, 4.69) is 10.6 Å². The molecule has 1 aromatic carbocycles. The molecule has 0 spiro atoms. The first-order valence-electron chi connectivity index (χ1n) is 7.77. The van der Waals surface area contributed by atoms with Crippen molar-refractivity contribution in [2.24, 2.45) is 0 Å². The van der Waals surface area contributed by atoms with Crippen LogP contribution in [0, 0.1) is 10.7 Å². The largest absolute Gasteiger partial charge is 0.453 e. The maximum Gasteiger partial charge on any atom is 0.303 e. The number of anilines is 1. The number of aliphatic hydroxyl groups excluding tert-OH is 1. The minimum atomic E-state index is -1.91. The highest BCUT2D eigenvalue weighted by Gasteiger charge is 2.31. The lowest BCUT2D eigenvalue weighted by atomic mass is 10.1. The SMILES string of the molecule is CC(=O)OC(C)C(=O)Nc1c(I)c(C(=O)Cl)c(I)c(C(=O)NC(C)(O)CO)c1I. The van der Waals surface area contributed by atoms with Gasteiger partial charge in [-0.2, -0.15) is 0 Å². The zero-order valence-electron chi connectivity index (χ0n) is 15.2. The number of halogens is 4. The van der Waals surface area contributed by atoms with Gasteiger partial charge in [-0.1, -0.05) is 0 Å². The fraction of sp³-hybridized carbons (Fsp3) is 0.375. The number of esters is 1. The van der Waals surface area contributed by atoms with Crippen LogP contribution in [-0.4, -0.2) is 51.7 Å². The number of ether oxygens (including phenoxy) is 1. The van der Waals surface area contributed by atoms with Gasteiger partial charge in [-0.15, -0.1) is 0 Å². The van der Waals surface area contributed by atoms with E-state index in [4.69, 9.17) is 16.3 Å². The van der Waals surface area contributed by atoms with Crippen molar-refractivity contribution in [3.63, 3.8) is 0 Å². The number of hydrogen-bond donors (Lipinski definition) is 4. The summed E-state index contributed by atoms with van der Waals surface area (Å²) in [5.41, 5.74) is -1.84. The van der Waals surface area contributed by atoms with E-state index in [1.807, 2.05) is 0 Å². The summed E-state index contributed by atoms with van der Waals surface area (Å²) in [6.07, 6.45) is -1.12. The Balaban J connectivity index is 3.56. The molecule has 1 aromatic rings. The van der Waals surface area contributed by atoms with E-state index in [1.54, 1.807) is 67.8 Å². The Bertz CT molecular complexity index is 877. The summed E-state index contributed by atoms with van der Waals surface area (Å²) in [4.78, 5) is 48.2. The van der Waals surface area contributed by atoms with Crippen molar-refractivity contribution in [1.82, 2.24) is 5.32 Å². The molecular weight excluding hydrogens is 748 g/mol. The van der Waals surface area contributed by atoms with E-state index in [1.165, 1.54) is 13.8 Å². The lowest BCUT2D eigenvalue weighted by Crippen LogP contribution is -2.49. The van der Waals surface area contributed by atoms with Crippen molar-refractivity contribution in [3.05, 3.63) is 21.8 Å². The molecule has 160 valence electrons. The Labute approximate surface area is 212 Å². The lowest BCUT2D eigenvalue weighted by Gasteiger charge is -2.24. The van der Waals surface area contributed by atoms with Crippen molar-refractivity contribution >= 4 is 108 Å². The van der Waals surface area contributed by atoms with E-state index < -0.39 is 41.5 Å². The zero-order chi connectivity index (χ0) is 22.7. The van der Waals surface area contributed by atoms with Gasteiger partial charge in [0.1, 0.15) is 0 Å². The first-order chi connectivity index (χ1) is 13.2. The number of carbonyl (C=O) groups is 4. The normalized spacial score (nSPS) is 13.8. The molecule has 0 saturated heterocycles. The average molecular weight is 764 g/mol. The quantitative estimate of drug-likeness (QED) is 0.145. The maximum atomic E-state index is 12.7. The number of nitrogens with one attached hydrogen (secondary N) is 2. The molecule has 0 bridgehead atoms. The van der Waals surface area contributed by atoms with Gasteiger partial charge in [0.05, 0.1) is 30.6 Å². The van der Waals surface area contributed by atoms with Crippen LogP contribution in [0.25, 0.3) is 0 Å². The number of aliphatic hydroxyl groups is 2. The van der Waals surface area contributed by atoms with E-state index in [-0.39, 0.29) is 27.5 Å². The summed E-state index contributed by atoms with van der Waals surface area (Å²) in [7, 11) is 0. The predicted octanol–water partition coefficient (Wildman–Crippen LogP) is 2.20. The fourth-order valence-corrected chi connectivity index (χ4v) is 6.94. The standard InChI is InChI=1S/C16H16ClI3N2O7/c1-5(29-6(2)24)14(26)21-12-10(19)7(13(17)25)9(18)8(11(12)20)15(27)22-16(3,28)4-23/h5,23,28H,4H2,1-3H3,(H,21,26)(H,22,27). The van der Waals surface area contributed by atoms with Crippen molar-refractivity contribution in [2.45, 2.75) is 32.6 Å². The van der Waals surface area contributed by atoms with Crippen LogP contribution in [0.1, 0.15) is 41.5 Å². The van der Waals surface area contributed by atoms with Gasteiger partial charge in [-0.3, -0.25) is 19.2 Å². The summed E-state index contributed by atoms with van der Waals surface area (Å²) in [6.45, 7) is 2.96. The van der Waals surface area contributed by atoms with Gasteiger partial charge >= 0.3 is 5.97 Å². The Morgan fingerprint density at radius 2 is 1.66 bits per heavy atom. The highest BCUT2D eigenvalue weighted by Crippen LogP contribution is 2.36. The summed E-state index contributed by atoms with van der Waals surface area (Å²) in [5, 5.41) is 23.0. The Hall–Kier alpha value is -0.300. The number of benzene rings is 1. The first kappa shape index (κ1) is 26.7. The average Bonchev–Trinajstić information content (AvgIpc) is 2.56. The van der Waals surface area contributed by atoms with Crippen LogP contribution in [0.3, 0.4) is 0 Å². The third kappa shape index (κ3) is 6.84. The highest BCUT2D eigenvalue weighted by atomic mass is 127. The van der Waals surface area contributed by atoms with E-state index in [0.717, 1.165) is 6.92 Å². The van der Waals surface area contributed by atoms with Crippen molar-refractivity contribution in [3.8, 4) is 0 Å². The Morgan fingerprint density at radius 3 is 2.10 bits per heavy atom. The molecule has 0 radical (unpaired) electrons. The second-order valence-corrected chi connectivity index (χ2v) is 9.55. The summed E-state index contributed by atoms with van der Waals surface area (Å²) >= 11 is 11.1. The molecular formula is C16H16ClI3N2O7. The lowest BCUT2D eigenvalue weighted by molar-refractivity contribution is -0.150. The van der Waals surface area contributed by atoms with Gasteiger partial charge in [0.25, 0.3) is 17.1 Å². The van der Waals surface area contributed by atoms with Crippen LogP contribution in [0.5, 0.6) is 0 Å². The summed E-state index contributed by atoms with van der Waals surface area (Å²) < 4.78 is 5.58. The third-order valence-electron chi connectivity index (χ3n) is 3.39. The second-order valence-electron chi connectivity index (χ2n) is 5.97. The van der Waals surface area contributed by atoms with Crippen LogP contribution in [0.2, 0.25) is 0 Å². The molecule has 0 aromatic heterocycles. The topological polar surface area (TPSA) is 142 Å². The Morgan fingerprint density at radius 1 is 1.14 bits per heavy atom. The number of carbonyl (C=O) groups excluding carboxylic acids is 4. The Kier molecular flexibility index (Phi) is 9.98. The van der Waals surface area contributed by atoms with Gasteiger partial charge in [0.2, 0.25) is 0 Å².